The maximum Gasteiger partial charge on any atom is 0.168 e. The predicted molar refractivity (Wildman–Crippen MR) is 37.2 cm³/mol. The van der Waals surface area contributed by atoms with Crippen LogP contribution < -0.4 is 0 Å². The van der Waals surface area contributed by atoms with E-state index in [0.717, 1.165) is 11.3 Å². The van der Waals surface area contributed by atoms with Crippen molar-refractivity contribution in [1.82, 2.24) is 0 Å². The molecule has 2 rings (SSSR count). The summed E-state index contributed by atoms with van der Waals surface area (Å²) in [5.74, 6) is 1.17. The van der Waals surface area contributed by atoms with Crippen LogP contribution in [0.15, 0.2) is 30.5 Å². The van der Waals surface area contributed by atoms with E-state index in [4.69, 9.17) is 9.84 Å². The highest BCUT2D eigenvalue weighted by atomic mass is 16.5. The highest BCUT2D eigenvalue weighted by Gasteiger charge is 2.11. The molecule has 0 fully saturated rings. The van der Waals surface area contributed by atoms with Crippen LogP contribution in [0.1, 0.15) is 5.56 Å². The third-order valence-corrected chi connectivity index (χ3v) is 1.39. The number of hydrogen-bond donors (Lipinski definition) is 1. The van der Waals surface area contributed by atoms with Gasteiger partial charge < -0.3 is 9.84 Å². The first-order valence-electron chi connectivity index (χ1n) is 3.02. The topological polar surface area (TPSA) is 32.8 Å². The summed E-state index contributed by atoms with van der Waals surface area (Å²) in [6, 6.07) is 6.90. The van der Waals surface area contributed by atoms with Gasteiger partial charge in [-0.05, 0) is 24.3 Å². The molecule has 1 heterocycles. The molecule has 0 unspecified atom stereocenters. The molecule has 0 saturated carbocycles. The van der Waals surface area contributed by atoms with Gasteiger partial charge in [-0.15, -0.1) is 0 Å². The van der Waals surface area contributed by atoms with Crippen LogP contribution in [0.2, 0.25) is 0 Å². The Morgan fingerprint density at radius 3 is 2.20 bits per heavy atom. The molecule has 0 aliphatic carbocycles. The summed E-state index contributed by atoms with van der Waals surface area (Å²) in [5, 5.41) is 8.90. The second-order valence-electron chi connectivity index (χ2n) is 2.15. The molecule has 0 saturated heterocycles. The van der Waals surface area contributed by atoms with Crippen molar-refractivity contribution in [3.05, 3.63) is 36.1 Å². The van der Waals surface area contributed by atoms with Gasteiger partial charge in [0.25, 0.3) is 0 Å². The normalized spacial score (nSPS) is 13.8. The summed E-state index contributed by atoms with van der Waals surface area (Å²) in [4.78, 5) is 0. The fourth-order valence-corrected chi connectivity index (χ4v) is 0.791. The average Bonchev–Trinajstić information content (AvgIpc) is 2.71. The molecule has 50 valence electrons. The molecular weight excluding hydrogens is 128 g/mol. The molecule has 10 heavy (non-hydrogen) atoms. The third-order valence-electron chi connectivity index (χ3n) is 1.39. The van der Waals surface area contributed by atoms with Crippen LogP contribution in [-0.2, 0) is 4.74 Å². The lowest BCUT2D eigenvalue weighted by Crippen LogP contribution is -1.71. The summed E-state index contributed by atoms with van der Waals surface area (Å²) < 4.78 is 4.84. The highest BCUT2D eigenvalue weighted by molar-refractivity contribution is 5.67. The first-order chi connectivity index (χ1) is 4.86. The van der Waals surface area contributed by atoms with Crippen LogP contribution in [-0.4, -0.2) is 5.11 Å². The van der Waals surface area contributed by atoms with E-state index in [0.29, 0.717) is 0 Å². The fraction of sp³-hybridized carbons (Fsp3) is 0. The molecule has 0 atom stereocenters. The molecule has 0 bridgehead atoms. The minimum atomic E-state index is 0.282. The molecule has 0 spiro atoms. The predicted octanol–water partition coefficient (Wildman–Crippen LogP) is 1.72. The smallest absolute Gasteiger partial charge is 0.168 e. The van der Waals surface area contributed by atoms with Crippen molar-refractivity contribution in [2.45, 2.75) is 0 Å². The van der Waals surface area contributed by atoms with Crippen molar-refractivity contribution < 1.29 is 9.84 Å². The van der Waals surface area contributed by atoms with Crippen molar-refractivity contribution in [2.24, 2.45) is 0 Å². The molecule has 1 N–H and O–H groups in total. The summed E-state index contributed by atoms with van der Waals surface area (Å²) in [7, 11) is 0. The maximum atomic E-state index is 8.90. The van der Waals surface area contributed by atoms with E-state index < -0.39 is 0 Å². The lowest BCUT2D eigenvalue weighted by Gasteiger charge is -1.91. The molecule has 1 aliphatic heterocycles. The Morgan fingerprint density at radius 1 is 1.10 bits per heavy atom. The lowest BCUT2D eigenvalue weighted by atomic mass is 10.2. The van der Waals surface area contributed by atoms with Gasteiger partial charge in [0.2, 0.25) is 0 Å². The van der Waals surface area contributed by atoms with Crippen LogP contribution in [0.5, 0.6) is 5.75 Å². The largest absolute Gasteiger partial charge is 0.508 e. The van der Waals surface area contributed by atoms with Crippen molar-refractivity contribution >= 4 is 5.76 Å². The van der Waals surface area contributed by atoms with E-state index in [-0.39, 0.29) is 5.75 Å². The van der Waals surface area contributed by atoms with E-state index >= 15 is 0 Å². The van der Waals surface area contributed by atoms with Crippen LogP contribution in [0, 0.1) is 0 Å². The van der Waals surface area contributed by atoms with Gasteiger partial charge in [0.1, 0.15) is 12.0 Å². The average molecular weight is 134 g/mol. The molecule has 1 aromatic rings. The van der Waals surface area contributed by atoms with Gasteiger partial charge in [-0.3, -0.25) is 0 Å². The molecule has 1 aromatic carbocycles. The van der Waals surface area contributed by atoms with E-state index in [1.807, 2.05) is 12.1 Å². The highest BCUT2D eigenvalue weighted by Crippen LogP contribution is 2.27. The summed E-state index contributed by atoms with van der Waals surface area (Å²) in [6.45, 7) is 0. The number of aromatic hydroxyl groups is 1. The van der Waals surface area contributed by atoms with Crippen LogP contribution >= 0.6 is 0 Å². The summed E-state index contributed by atoms with van der Waals surface area (Å²) in [5.41, 5.74) is 1.01. The molecule has 0 aromatic heterocycles. The number of hydrogen-bond acceptors (Lipinski definition) is 2. The van der Waals surface area contributed by atoms with Crippen molar-refractivity contribution in [2.75, 3.05) is 0 Å². The van der Waals surface area contributed by atoms with Crippen LogP contribution in [0.4, 0.5) is 0 Å². The second-order valence-corrected chi connectivity index (χ2v) is 2.15. The van der Waals surface area contributed by atoms with Crippen molar-refractivity contribution in [3.63, 3.8) is 0 Å². The third kappa shape index (κ3) is 0.838. The van der Waals surface area contributed by atoms with Gasteiger partial charge in [0.15, 0.2) is 5.76 Å². The zero-order chi connectivity index (χ0) is 6.97. The minimum absolute atomic E-state index is 0.282. The van der Waals surface area contributed by atoms with Gasteiger partial charge in [-0.1, -0.05) is 0 Å². The number of ether oxygens (including phenoxy) is 1. The quantitative estimate of drug-likeness (QED) is 0.634. The second kappa shape index (κ2) is 1.77. The van der Waals surface area contributed by atoms with E-state index in [1.165, 1.54) is 0 Å². The lowest BCUT2D eigenvalue weighted by molar-refractivity contribution is 0.475. The Labute approximate surface area is 58.4 Å². The monoisotopic (exact) mass is 134 g/mol. The zero-order valence-corrected chi connectivity index (χ0v) is 5.24. The number of benzene rings is 1. The Hall–Kier alpha value is -1.44. The number of phenolic OH excluding ortho intramolecular Hbond substituents is 1. The Balaban J connectivity index is 2.37. The molecule has 0 radical (unpaired) electrons. The summed E-state index contributed by atoms with van der Waals surface area (Å²) >= 11 is 0. The number of rotatable bonds is 1. The standard InChI is InChI=1S/C8H6O2/c9-7-3-1-6(2-4-7)8-5-10-8/h1-5,9H. The summed E-state index contributed by atoms with van der Waals surface area (Å²) in [6.07, 6.45) is 1.67. The SMILES string of the molecule is Oc1ccc(C2=CO2)cc1. The van der Waals surface area contributed by atoms with Gasteiger partial charge >= 0.3 is 0 Å². The molecule has 0 amide bonds. The first kappa shape index (κ1) is 5.35. The zero-order valence-electron chi connectivity index (χ0n) is 5.24. The number of phenols is 1. The van der Waals surface area contributed by atoms with E-state index in [9.17, 15) is 0 Å². The Morgan fingerprint density at radius 2 is 1.70 bits per heavy atom. The Bertz CT molecular complexity index is 272. The van der Waals surface area contributed by atoms with Crippen LogP contribution in [0.3, 0.4) is 0 Å². The Kier molecular flexibility index (Phi) is 0.947. The van der Waals surface area contributed by atoms with Gasteiger partial charge in [-0.2, -0.15) is 0 Å². The molecule has 1 aliphatic rings. The van der Waals surface area contributed by atoms with Gasteiger partial charge in [-0.25, -0.2) is 0 Å². The molecular formula is C8H6O2. The first-order valence-corrected chi connectivity index (χ1v) is 3.02. The van der Waals surface area contributed by atoms with E-state index in [2.05, 4.69) is 0 Å². The fourth-order valence-electron chi connectivity index (χ4n) is 0.791. The van der Waals surface area contributed by atoms with Crippen molar-refractivity contribution in [1.29, 1.82) is 0 Å². The maximum absolute atomic E-state index is 8.90. The van der Waals surface area contributed by atoms with Crippen LogP contribution in [0.25, 0.3) is 5.76 Å². The van der Waals surface area contributed by atoms with Crippen molar-refractivity contribution in [3.8, 4) is 5.75 Å². The van der Waals surface area contributed by atoms with E-state index in [1.54, 1.807) is 18.4 Å². The minimum Gasteiger partial charge on any atom is -0.508 e. The van der Waals surface area contributed by atoms with Gasteiger partial charge in [0.05, 0.1) is 0 Å². The molecule has 2 heteroatoms. The molecule has 2 nitrogen and oxygen atoms in total. The van der Waals surface area contributed by atoms with Gasteiger partial charge in [0, 0.05) is 5.56 Å².